The summed E-state index contributed by atoms with van der Waals surface area (Å²) < 4.78 is 0. The molecular formula is C17H20N2O. The molecule has 3 nitrogen and oxygen atoms in total. The second-order valence-electron chi connectivity index (χ2n) is 6.34. The van der Waals surface area contributed by atoms with Crippen LogP contribution in [0.5, 0.6) is 0 Å². The topological polar surface area (TPSA) is 45.2 Å². The number of nitrogens with one attached hydrogen (secondary N) is 1. The van der Waals surface area contributed by atoms with Gasteiger partial charge < -0.3 is 10.4 Å². The van der Waals surface area contributed by atoms with Crippen molar-refractivity contribution in [2.24, 2.45) is 0 Å². The SMILES string of the molecule is OC1(c2ccc3cccnc3c2)CC2CCCC(C1)N2. The molecule has 2 aliphatic heterocycles. The number of hydrogen-bond donors (Lipinski definition) is 2. The molecule has 104 valence electrons. The standard InChI is InChI=1S/C17H20N2O/c20-17(10-14-4-1-5-15(11-17)19-14)13-7-6-12-3-2-8-18-16(12)9-13/h2-3,6-9,14-15,19-20H,1,4-5,10-11H2. The summed E-state index contributed by atoms with van der Waals surface area (Å²) in [5, 5.41) is 15.9. The summed E-state index contributed by atoms with van der Waals surface area (Å²) in [5.74, 6) is 0. The summed E-state index contributed by atoms with van der Waals surface area (Å²) in [6.07, 6.45) is 7.12. The summed E-state index contributed by atoms with van der Waals surface area (Å²) >= 11 is 0. The van der Waals surface area contributed by atoms with Crippen LogP contribution in [0.4, 0.5) is 0 Å². The maximum absolute atomic E-state index is 11.1. The monoisotopic (exact) mass is 268 g/mol. The fourth-order valence-corrected chi connectivity index (χ4v) is 3.92. The number of aliphatic hydroxyl groups is 1. The van der Waals surface area contributed by atoms with E-state index < -0.39 is 5.60 Å². The summed E-state index contributed by atoms with van der Waals surface area (Å²) in [6, 6.07) is 11.2. The van der Waals surface area contributed by atoms with E-state index in [1.54, 1.807) is 0 Å². The van der Waals surface area contributed by atoms with Gasteiger partial charge in [-0.15, -0.1) is 0 Å². The van der Waals surface area contributed by atoms with Gasteiger partial charge in [-0.3, -0.25) is 4.98 Å². The lowest BCUT2D eigenvalue weighted by Crippen LogP contribution is -2.54. The lowest BCUT2D eigenvalue weighted by atomic mass is 9.74. The van der Waals surface area contributed by atoms with Crippen LogP contribution in [0.25, 0.3) is 10.9 Å². The number of benzene rings is 1. The second-order valence-corrected chi connectivity index (χ2v) is 6.34. The Morgan fingerprint density at radius 2 is 1.95 bits per heavy atom. The van der Waals surface area contributed by atoms with Gasteiger partial charge in [-0.25, -0.2) is 0 Å². The van der Waals surface area contributed by atoms with Crippen LogP contribution in [-0.2, 0) is 5.60 Å². The van der Waals surface area contributed by atoms with Crippen LogP contribution in [0.3, 0.4) is 0 Å². The van der Waals surface area contributed by atoms with Gasteiger partial charge in [-0.1, -0.05) is 24.6 Å². The fraction of sp³-hybridized carbons (Fsp3) is 0.471. The van der Waals surface area contributed by atoms with Crippen LogP contribution in [0.1, 0.15) is 37.7 Å². The number of fused-ring (bicyclic) bond motifs is 3. The van der Waals surface area contributed by atoms with Crippen molar-refractivity contribution < 1.29 is 5.11 Å². The molecule has 2 aliphatic rings. The van der Waals surface area contributed by atoms with Crippen molar-refractivity contribution in [2.75, 3.05) is 0 Å². The molecule has 4 rings (SSSR count). The van der Waals surface area contributed by atoms with Crippen LogP contribution in [0, 0.1) is 0 Å². The highest BCUT2D eigenvalue weighted by Gasteiger charge is 2.41. The van der Waals surface area contributed by atoms with Crippen LogP contribution in [0.2, 0.25) is 0 Å². The van der Waals surface area contributed by atoms with E-state index in [0.717, 1.165) is 29.3 Å². The molecule has 0 radical (unpaired) electrons. The molecule has 2 bridgehead atoms. The molecule has 2 atom stereocenters. The zero-order valence-corrected chi connectivity index (χ0v) is 11.5. The van der Waals surface area contributed by atoms with Gasteiger partial charge in [0, 0.05) is 23.7 Å². The number of rotatable bonds is 1. The van der Waals surface area contributed by atoms with E-state index in [1.165, 1.54) is 19.3 Å². The van der Waals surface area contributed by atoms with Gasteiger partial charge in [0.2, 0.25) is 0 Å². The van der Waals surface area contributed by atoms with E-state index in [4.69, 9.17) is 0 Å². The number of hydrogen-bond acceptors (Lipinski definition) is 3. The first-order valence-electron chi connectivity index (χ1n) is 7.57. The van der Waals surface area contributed by atoms with Gasteiger partial charge in [0.05, 0.1) is 11.1 Å². The Kier molecular flexibility index (Phi) is 2.79. The highest BCUT2D eigenvalue weighted by Crippen LogP contribution is 2.40. The number of piperidine rings is 2. The molecule has 2 unspecified atom stereocenters. The minimum atomic E-state index is -0.688. The van der Waals surface area contributed by atoms with Crippen LogP contribution in [-0.4, -0.2) is 22.2 Å². The molecule has 2 fully saturated rings. The largest absolute Gasteiger partial charge is 0.385 e. The van der Waals surface area contributed by atoms with Crippen LogP contribution in [0.15, 0.2) is 36.5 Å². The molecule has 2 saturated heterocycles. The Bertz CT molecular complexity index is 628. The molecule has 0 amide bonds. The van der Waals surface area contributed by atoms with Gasteiger partial charge >= 0.3 is 0 Å². The third-order valence-corrected chi connectivity index (χ3v) is 4.89. The Balaban J connectivity index is 1.73. The predicted molar refractivity (Wildman–Crippen MR) is 79.4 cm³/mol. The molecule has 0 spiro atoms. The van der Waals surface area contributed by atoms with E-state index in [-0.39, 0.29) is 0 Å². The molecule has 3 heteroatoms. The van der Waals surface area contributed by atoms with Crippen molar-refractivity contribution in [3.63, 3.8) is 0 Å². The summed E-state index contributed by atoms with van der Waals surface area (Å²) in [5.41, 5.74) is 1.32. The lowest BCUT2D eigenvalue weighted by Gasteiger charge is -2.45. The van der Waals surface area contributed by atoms with Gasteiger partial charge in [-0.05, 0) is 43.4 Å². The zero-order chi connectivity index (χ0) is 13.6. The van der Waals surface area contributed by atoms with Crippen LogP contribution < -0.4 is 5.32 Å². The number of pyridine rings is 1. The van der Waals surface area contributed by atoms with Crippen molar-refractivity contribution >= 4 is 10.9 Å². The van der Waals surface area contributed by atoms with E-state index in [2.05, 4.69) is 34.6 Å². The van der Waals surface area contributed by atoms with Gasteiger partial charge in [-0.2, -0.15) is 0 Å². The second kappa shape index (κ2) is 4.54. The molecule has 1 aromatic heterocycles. The molecule has 1 aromatic carbocycles. The Labute approximate surface area is 119 Å². The maximum Gasteiger partial charge on any atom is 0.0927 e. The van der Waals surface area contributed by atoms with Crippen molar-refractivity contribution in [3.05, 3.63) is 42.1 Å². The van der Waals surface area contributed by atoms with Crippen molar-refractivity contribution in [1.82, 2.24) is 10.3 Å². The van der Waals surface area contributed by atoms with E-state index >= 15 is 0 Å². The van der Waals surface area contributed by atoms with Crippen molar-refractivity contribution in [2.45, 2.75) is 49.8 Å². The molecule has 0 saturated carbocycles. The van der Waals surface area contributed by atoms with Crippen LogP contribution >= 0.6 is 0 Å². The first kappa shape index (κ1) is 12.3. The Hall–Kier alpha value is -1.45. The lowest BCUT2D eigenvalue weighted by molar-refractivity contribution is -0.0357. The minimum Gasteiger partial charge on any atom is -0.385 e. The fourth-order valence-electron chi connectivity index (χ4n) is 3.92. The smallest absolute Gasteiger partial charge is 0.0927 e. The van der Waals surface area contributed by atoms with E-state index in [1.807, 2.05) is 12.3 Å². The predicted octanol–water partition coefficient (Wildman–Crippen LogP) is 2.73. The van der Waals surface area contributed by atoms with Gasteiger partial charge in [0.15, 0.2) is 0 Å². The van der Waals surface area contributed by atoms with E-state index in [9.17, 15) is 5.11 Å². The molecule has 20 heavy (non-hydrogen) atoms. The average Bonchev–Trinajstić information content (AvgIpc) is 2.46. The maximum atomic E-state index is 11.1. The summed E-state index contributed by atoms with van der Waals surface area (Å²) in [7, 11) is 0. The van der Waals surface area contributed by atoms with Gasteiger partial charge in [0.25, 0.3) is 0 Å². The number of nitrogens with zero attached hydrogens (tertiary/aromatic N) is 1. The third-order valence-electron chi connectivity index (χ3n) is 4.89. The molecule has 3 heterocycles. The minimum absolute atomic E-state index is 0.465. The normalized spacial score (nSPS) is 33.2. The summed E-state index contributed by atoms with van der Waals surface area (Å²) in [6.45, 7) is 0. The Morgan fingerprint density at radius 3 is 2.75 bits per heavy atom. The van der Waals surface area contributed by atoms with Crippen molar-refractivity contribution in [1.29, 1.82) is 0 Å². The first-order chi connectivity index (χ1) is 9.73. The van der Waals surface area contributed by atoms with Crippen molar-refractivity contribution in [3.8, 4) is 0 Å². The molecular weight excluding hydrogens is 248 g/mol. The number of aromatic nitrogens is 1. The Morgan fingerprint density at radius 1 is 1.15 bits per heavy atom. The summed E-state index contributed by atoms with van der Waals surface area (Å²) in [4.78, 5) is 4.41. The molecule has 2 N–H and O–H groups in total. The molecule has 0 aliphatic carbocycles. The zero-order valence-electron chi connectivity index (χ0n) is 11.5. The van der Waals surface area contributed by atoms with E-state index in [0.29, 0.717) is 12.1 Å². The molecule has 2 aromatic rings. The highest BCUT2D eigenvalue weighted by molar-refractivity contribution is 5.79. The van der Waals surface area contributed by atoms with Gasteiger partial charge in [0.1, 0.15) is 0 Å². The first-order valence-corrected chi connectivity index (χ1v) is 7.57. The quantitative estimate of drug-likeness (QED) is 0.836. The third kappa shape index (κ3) is 2.02. The average molecular weight is 268 g/mol. The highest BCUT2D eigenvalue weighted by atomic mass is 16.3.